The third-order valence-electron chi connectivity index (χ3n) is 2.82. The second-order valence-electron chi connectivity index (χ2n) is 4.82. The summed E-state index contributed by atoms with van der Waals surface area (Å²) in [6, 6.07) is 8.63. The predicted molar refractivity (Wildman–Crippen MR) is 75.2 cm³/mol. The zero-order valence-electron chi connectivity index (χ0n) is 11.5. The van der Waals surface area contributed by atoms with Crippen molar-refractivity contribution in [2.24, 2.45) is 0 Å². The maximum absolute atomic E-state index is 12.1. The molecule has 4 heteroatoms. The van der Waals surface area contributed by atoms with Crippen LogP contribution in [0.15, 0.2) is 24.4 Å². The third kappa shape index (κ3) is 3.66. The molecule has 2 aromatic rings. The molecular weight excluding hydrogens is 240 g/mol. The number of ketones is 1. The molecule has 2 N–H and O–H groups in total. The van der Waals surface area contributed by atoms with Gasteiger partial charge in [0.15, 0.2) is 5.78 Å². The first-order valence-corrected chi connectivity index (χ1v) is 6.47. The van der Waals surface area contributed by atoms with Crippen molar-refractivity contribution in [1.29, 1.82) is 0 Å². The number of aromatic amines is 1. The van der Waals surface area contributed by atoms with Crippen molar-refractivity contribution < 1.29 is 9.53 Å². The molecule has 1 heterocycles. The van der Waals surface area contributed by atoms with Gasteiger partial charge in [0.1, 0.15) is 6.23 Å². The zero-order valence-corrected chi connectivity index (χ0v) is 11.5. The van der Waals surface area contributed by atoms with Gasteiger partial charge in [0.25, 0.3) is 0 Å². The second-order valence-corrected chi connectivity index (χ2v) is 4.82. The Kier molecular flexibility index (Phi) is 4.35. The average molecular weight is 259 g/mol. The fraction of sp³-hybridized carbons (Fsp3) is 0.400. The van der Waals surface area contributed by atoms with Gasteiger partial charge in [-0.2, -0.15) is 0 Å². The van der Waals surface area contributed by atoms with Crippen LogP contribution in [0.25, 0.3) is 10.9 Å². The minimum atomic E-state index is -0.133. The SMILES string of the molecule is CC(C)OC(C)NCC(=O)c1ccc2[c]c[nH]c2c1. The van der Waals surface area contributed by atoms with Gasteiger partial charge in [-0.3, -0.25) is 10.1 Å². The van der Waals surface area contributed by atoms with Crippen LogP contribution in [0.5, 0.6) is 0 Å². The topological polar surface area (TPSA) is 54.1 Å². The predicted octanol–water partition coefficient (Wildman–Crippen LogP) is 2.51. The number of carbonyl (C=O) groups is 1. The number of hydrogen-bond acceptors (Lipinski definition) is 3. The van der Waals surface area contributed by atoms with Crippen molar-refractivity contribution in [1.82, 2.24) is 10.3 Å². The molecule has 0 aliphatic heterocycles. The maximum Gasteiger partial charge on any atom is 0.176 e. The van der Waals surface area contributed by atoms with E-state index in [0.717, 1.165) is 10.9 Å². The van der Waals surface area contributed by atoms with Crippen molar-refractivity contribution >= 4 is 16.7 Å². The fourth-order valence-corrected chi connectivity index (χ4v) is 1.95. The number of H-pyrrole nitrogens is 1. The zero-order chi connectivity index (χ0) is 13.8. The number of benzene rings is 1. The normalized spacial score (nSPS) is 13.1. The van der Waals surface area contributed by atoms with Crippen LogP contribution in [0.2, 0.25) is 0 Å². The van der Waals surface area contributed by atoms with Crippen LogP contribution in [-0.4, -0.2) is 29.6 Å². The summed E-state index contributed by atoms with van der Waals surface area (Å²) in [6.45, 7) is 6.10. The van der Waals surface area contributed by atoms with Crippen molar-refractivity contribution in [3.05, 3.63) is 36.0 Å². The van der Waals surface area contributed by atoms with Crippen LogP contribution in [0.1, 0.15) is 31.1 Å². The van der Waals surface area contributed by atoms with Gasteiger partial charge in [0.2, 0.25) is 0 Å². The fourth-order valence-electron chi connectivity index (χ4n) is 1.95. The highest BCUT2D eigenvalue weighted by Gasteiger charge is 2.10. The molecule has 19 heavy (non-hydrogen) atoms. The van der Waals surface area contributed by atoms with E-state index in [1.165, 1.54) is 0 Å². The summed E-state index contributed by atoms with van der Waals surface area (Å²) < 4.78 is 5.52. The molecule has 0 aliphatic rings. The lowest BCUT2D eigenvalue weighted by Crippen LogP contribution is -2.35. The summed E-state index contributed by atoms with van der Waals surface area (Å²) in [6.07, 6.45) is 1.75. The maximum atomic E-state index is 12.1. The lowest BCUT2D eigenvalue weighted by molar-refractivity contribution is 0.000321. The average Bonchev–Trinajstić information content (AvgIpc) is 2.82. The molecule has 0 bridgehead atoms. The number of fused-ring (bicyclic) bond motifs is 1. The summed E-state index contributed by atoms with van der Waals surface area (Å²) in [5.41, 5.74) is 1.62. The number of rotatable bonds is 6. The second kappa shape index (κ2) is 5.99. The van der Waals surface area contributed by atoms with E-state index in [1.807, 2.05) is 39.0 Å². The van der Waals surface area contributed by atoms with Gasteiger partial charge in [-0.1, -0.05) is 12.1 Å². The molecule has 1 aromatic carbocycles. The van der Waals surface area contributed by atoms with Gasteiger partial charge in [-0.15, -0.1) is 0 Å². The number of ether oxygens (including phenoxy) is 1. The molecule has 0 fully saturated rings. The Morgan fingerprint density at radius 1 is 1.42 bits per heavy atom. The Balaban J connectivity index is 1.95. The van der Waals surface area contributed by atoms with Crippen LogP contribution in [0.3, 0.4) is 0 Å². The van der Waals surface area contributed by atoms with Gasteiger partial charge < -0.3 is 9.72 Å². The molecular formula is C15H19N2O2. The minimum absolute atomic E-state index is 0.0516. The first-order valence-electron chi connectivity index (χ1n) is 6.47. The Bertz CT molecular complexity index is 560. The van der Waals surface area contributed by atoms with E-state index in [9.17, 15) is 4.79 Å². The smallest absolute Gasteiger partial charge is 0.176 e. The molecule has 1 unspecified atom stereocenters. The first-order chi connectivity index (χ1) is 9.06. The van der Waals surface area contributed by atoms with Crippen LogP contribution in [0.4, 0.5) is 0 Å². The lowest BCUT2D eigenvalue weighted by Gasteiger charge is -2.17. The van der Waals surface area contributed by atoms with E-state index in [1.54, 1.807) is 6.20 Å². The molecule has 1 radical (unpaired) electrons. The molecule has 4 nitrogen and oxygen atoms in total. The molecule has 0 spiro atoms. The van der Waals surface area contributed by atoms with E-state index >= 15 is 0 Å². The van der Waals surface area contributed by atoms with E-state index in [-0.39, 0.29) is 24.7 Å². The summed E-state index contributed by atoms with van der Waals surface area (Å²) in [5, 5.41) is 4.05. The Morgan fingerprint density at radius 2 is 2.21 bits per heavy atom. The van der Waals surface area contributed by atoms with Crippen molar-refractivity contribution in [2.75, 3.05) is 6.54 Å². The van der Waals surface area contributed by atoms with E-state index in [4.69, 9.17) is 4.74 Å². The third-order valence-corrected chi connectivity index (χ3v) is 2.82. The summed E-state index contributed by atoms with van der Waals surface area (Å²) in [5.74, 6) is 0.0516. The van der Waals surface area contributed by atoms with Crippen molar-refractivity contribution in [2.45, 2.75) is 33.1 Å². The number of aromatic nitrogens is 1. The number of carbonyl (C=O) groups excluding carboxylic acids is 1. The molecule has 1 atom stereocenters. The highest BCUT2D eigenvalue weighted by atomic mass is 16.5. The molecule has 1 aromatic heterocycles. The van der Waals surface area contributed by atoms with E-state index < -0.39 is 0 Å². The lowest BCUT2D eigenvalue weighted by atomic mass is 10.1. The molecule has 0 aliphatic carbocycles. The summed E-state index contributed by atoms with van der Waals surface area (Å²) in [7, 11) is 0. The summed E-state index contributed by atoms with van der Waals surface area (Å²) in [4.78, 5) is 15.1. The Morgan fingerprint density at radius 3 is 2.95 bits per heavy atom. The van der Waals surface area contributed by atoms with E-state index in [0.29, 0.717) is 5.56 Å². The van der Waals surface area contributed by atoms with Crippen LogP contribution >= 0.6 is 0 Å². The van der Waals surface area contributed by atoms with Crippen LogP contribution in [0, 0.1) is 6.07 Å². The number of Topliss-reactive ketones (excluding diaryl/α,β-unsaturated/α-hetero) is 1. The van der Waals surface area contributed by atoms with Gasteiger partial charge in [0.05, 0.1) is 12.6 Å². The first kappa shape index (κ1) is 13.8. The van der Waals surface area contributed by atoms with Gasteiger partial charge >= 0.3 is 0 Å². The molecule has 0 saturated carbocycles. The van der Waals surface area contributed by atoms with Crippen LogP contribution < -0.4 is 5.32 Å². The standard InChI is InChI=1S/C15H19N2O2/c1-10(2)19-11(3)17-9-15(18)13-5-4-12-6-7-16-14(12)8-13/h4-5,7-8,10-11,16-17H,9H2,1-3H3. The van der Waals surface area contributed by atoms with E-state index in [2.05, 4.69) is 16.4 Å². The molecule has 2 rings (SSSR count). The van der Waals surface area contributed by atoms with Gasteiger partial charge in [-0.05, 0) is 26.8 Å². The van der Waals surface area contributed by atoms with Gasteiger partial charge in [-0.25, -0.2) is 0 Å². The van der Waals surface area contributed by atoms with Crippen LogP contribution in [-0.2, 0) is 4.74 Å². The highest BCUT2D eigenvalue weighted by molar-refractivity contribution is 6.00. The van der Waals surface area contributed by atoms with Crippen molar-refractivity contribution in [3.63, 3.8) is 0 Å². The Labute approximate surface area is 113 Å². The monoisotopic (exact) mass is 259 g/mol. The minimum Gasteiger partial charge on any atom is -0.361 e. The largest absolute Gasteiger partial charge is 0.361 e. The molecule has 0 saturated heterocycles. The summed E-state index contributed by atoms with van der Waals surface area (Å²) >= 11 is 0. The highest BCUT2D eigenvalue weighted by Crippen LogP contribution is 2.13. The molecule has 0 amide bonds. The quantitative estimate of drug-likeness (QED) is 0.619. The van der Waals surface area contributed by atoms with Crippen molar-refractivity contribution in [3.8, 4) is 0 Å². The number of hydrogen-bond donors (Lipinski definition) is 2. The molecule has 101 valence electrons. The Hall–Kier alpha value is -1.65. The van der Waals surface area contributed by atoms with Gasteiger partial charge in [0, 0.05) is 28.7 Å². The number of nitrogens with one attached hydrogen (secondary N) is 2.